The van der Waals surface area contributed by atoms with E-state index in [1.807, 2.05) is 6.07 Å². The molecule has 0 N–H and O–H groups in total. The summed E-state index contributed by atoms with van der Waals surface area (Å²) >= 11 is 4.65. The van der Waals surface area contributed by atoms with Gasteiger partial charge in [0.25, 0.3) is 0 Å². The van der Waals surface area contributed by atoms with Crippen molar-refractivity contribution in [3.8, 4) is 6.07 Å². The lowest BCUT2D eigenvalue weighted by molar-refractivity contribution is 0.624. The van der Waals surface area contributed by atoms with E-state index in [4.69, 9.17) is 5.26 Å². The van der Waals surface area contributed by atoms with Crippen LogP contribution < -0.4 is 0 Å². The number of benzene rings is 1. The number of hydrogen-bond acceptors (Lipinski definition) is 2. The molecule has 0 aliphatic carbocycles. The molecule has 1 aromatic carbocycles. The summed E-state index contributed by atoms with van der Waals surface area (Å²) in [5, 5.41) is 9.52. The lowest BCUT2D eigenvalue weighted by Crippen LogP contribution is -1.74. The van der Waals surface area contributed by atoms with Gasteiger partial charge in [-0.1, -0.05) is 6.07 Å². The standard InChI is InChI=1S/C10H5BrFNS/c11-9-8(12)2-1-6-5-7(3-4-13)14-10(6)9/h1-2,5H,3H2. The van der Waals surface area contributed by atoms with Crippen molar-refractivity contribution in [3.63, 3.8) is 0 Å². The van der Waals surface area contributed by atoms with Crippen LogP contribution in [-0.2, 0) is 6.42 Å². The van der Waals surface area contributed by atoms with E-state index in [9.17, 15) is 4.39 Å². The second-order valence-electron chi connectivity index (χ2n) is 2.83. The number of fused-ring (bicyclic) bond motifs is 1. The van der Waals surface area contributed by atoms with Crippen LogP contribution in [-0.4, -0.2) is 0 Å². The van der Waals surface area contributed by atoms with Crippen LogP contribution in [0.4, 0.5) is 4.39 Å². The monoisotopic (exact) mass is 269 g/mol. The Morgan fingerprint density at radius 3 is 3.00 bits per heavy atom. The molecule has 0 saturated carbocycles. The van der Waals surface area contributed by atoms with Crippen LogP contribution in [0.2, 0.25) is 0 Å². The van der Waals surface area contributed by atoms with Gasteiger partial charge in [0.05, 0.1) is 21.7 Å². The number of halogens is 2. The third kappa shape index (κ3) is 1.54. The molecule has 0 spiro atoms. The van der Waals surface area contributed by atoms with Gasteiger partial charge in [0.15, 0.2) is 0 Å². The quantitative estimate of drug-likeness (QED) is 0.771. The topological polar surface area (TPSA) is 23.8 Å². The average molecular weight is 270 g/mol. The van der Waals surface area contributed by atoms with E-state index in [1.165, 1.54) is 17.4 Å². The Hall–Kier alpha value is -0.920. The molecule has 1 heterocycles. The van der Waals surface area contributed by atoms with Crippen molar-refractivity contribution >= 4 is 37.4 Å². The van der Waals surface area contributed by atoms with Crippen molar-refractivity contribution in [2.45, 2.75) is 6.42 Å². The lowest BCUT2D eigenvalue weighted by atomic mass is 10.2. The highest BCUT2D eigenvalue weighted by Crippen LogP contribution is 2.33. The van der Waals surface area contributed by atoms with Gasteiger partial charge in [0.2, 0.25) is 0 Å². The molecule has 0 fully saturated rings. The summed E-state index contributed by atoms with van der Waals surface area (Å²) in [5.74, 6) is -0.261. The number of nitrogens with zero attached hydrogens (tertiary/aromatic N) is 1. The fraction of sp³-hybridized carbons (Fsp3) is 0.100. The van der Waals surface area contributed by atoms with E-state index in [-0.39, 0.29) is 5.82 Å². The van der Waals surface area contributed by atoms with Crippen LogP contribution >= 0.6 is 27.3 Å². The van der Waals surface area contributed by atoms with Gasteiger partial charge in [-0.25, -0.2) is 4.39 Å². The number of hydrogen-bond donors (Lipinski definition) is 0. The van der Waals surface area contributed by atoms with Crippen LogP contribution in [0.3, 0.4) is 0 Å². The van der Waals surface area contributed by atoms with Gasteiger partial charge >= 0.3 is 0 Å². The van der Waals surface area contributed by atoms with Crippen LogP contribution in [0.15, 0.2) is 22.7 Å². The Balaban J connectivity index is 2.66. The molecule has 2 aromatic rings. The maximum Gasteiger partial charge on any atom is 0.138 e. The molecular weight excluding hydrogens is 265 g/mol. The molecule has 70 valence electrons. The van der Waals surface area contributed by atoms with E-state index < -0.39 is 0 Å². The minimum Gasteiger partial charge on any atom is -0.206 e. The summed E-state index contributed by atoms with van der Waals surface area (Å²) in [6, 6.07) is 7.16. The number of thiophene rings is 1. The largest absolute Gasteiger partial charge is 0.206 e. The van der Waals surface area contributed by atoms with Gasteiger partial charge < -0.3 is 0 Å². The fourth-order valence-electron chi connectivity index (χ4n) is 1.26. The molecule has 4 heteroatoms. The molecule has 0 bridgehead atoms. The Labute approximate surface area is 92.9 Å². The first-order chi connectivity index (χ1) is 6.72. The van der Waals surface area contributed by atoms with Crippen LogP contribution in [0, 0.1) is 17.1 Å². The Bertz CT molecular complexity index is 527. The predicted molar refractivity (Wildman–Crippen MR) is 58.8 cm³/mol. The average Bonchev–Trinajstić information content (AvgIpc) is 2.56. The predicted octanol–water partition coefficient (Wildman–Crippen LogP) is 3.87. The van der Waals surface area contributed by atoms with E-state index >= 15 is 0 Å². The minimum atomic E-state index is -0.261. The number of rotatable bonds is 1. The Morgan fingerprint density at radius 2 is 2.29 bits per heavy atom. The summed E-state index contributed by atoms with van der Waals surface area (Å²) in [6.07, 6.45) is 0.382. The van der Waals surface area contributed by atoms with Gasteiger partial charge in [0, 0.05) is 4.88 Å². The SMILES string of the molecule is N#CCc1cc2ccc(F)c(Br)c2s1. The van der Waals surface area contributed by atoms with Gasteiger partial charge in [-0.05, 0) is 33.4 Å². The Morgan fingerprint density at radius 1 is 1.50 bits per heavy atom. The van der Waals surface area contributed by atoms with Crippen LogP contribution in [0.25, 0.3) is 10.1 Å². The normalized spacial score (nSPS) is 10.4. The molecule has 1 nitrogen and oxygen atoms in total. The fourth-order valence-corrected chi connectivity index (χ4v) is 2.88. The first kappa shape index (κ1) is 9.63. The lowest BCUT2D eigenvalue weighted by Gasteiger charge is -1.94. The highest BCUT2D eigenvalue weighted by molar-refractivity contribution is 9.10. The molecule has 14 heavy (non-hydrogen) atoms. The Kier molecular flexibility index (Phi) is 2.53. The van der Waals surface area contributed by atoms with E-state index in [2.05, 4.69) is 22.0 Å². The zero-order valence-electron chi connectivity index (χ0n) is 7.05. The minimum absolute atomic E-state index is 0.261. The molecule has 0 unspecified atom stereocenters. The smallest absolute Gasteiger partial charge is 0.138 e. The van der Waals surface area contributed by atoms with Crippen molar-refractivity contribution < 1.29 is 4.39 Å². The summed E-state index contributed by atoms with van der Waals surface area (Å²) in [4.78, 5) is 0.966. The summed E-state index contributed by atoms with van der Waals surface area (Å²) in [6.45, 7) is 0. The summed E-state index contributed by atoms with van der Waals surface area (Å²) < 4.78 is 14.5. The molecule has 0 saturated heterocycles. The second kappa shape index (κ2) is 3.68. The van der Waals surface area contributed by atoms with Gasteiger partial charge in [-0.15, -0.1) is 11.3 Å². The molecule has 0 aliphatic heterocycles. The van der Waals surface area contributed by atoms with Crippen molar-refractivity contribution in [2.24, 2.45) is 0 Å². The highest BCUT2D eigenvalue weighted by Gasteiger charge is 2.08. The zero-order chi connectivity index (χ0) is 10.1. The summed E-state index contributed by atoms with van der Waals surface area (Å²) in [7, 11) is 0. The molecule has 0 aliphatic rings. The highest BCUT2D eigenvalue weighted by atomic mass is 79.9. The van der Waals surface area contributed by atoms with Crippen LogP contribution in [0.5, 0.6) is 0 Å². The third-order valence-electron chi connectivity index (χ3n) is 1.88. The maximum atomic E-state index is 13.1. The van der Waals surface area contributed by atoms with Gasteiger partial charge in [-0.3, -0.25) is 0 Å². The molecule has 2 rings (SSSR count). The van der Waals surface area contributed by atoms with Gasteiger partial charge in [0.1, 0.15) is 5.82 Å². The molecule has 0 radical (unpaired) electrons. The zero-order valence-corrected chi connectivity index (χ0v) is 9.45. The third-order valence-corrected chi connectivity index (χ3v) is 4.09. The molecule has 0 atom stereocenters. The van der Waals surface area contributed by atoms with E-state index in [0.29, 0.717) is 10.9 Å². The second-order valence-corrected chi connectivity index (χ2v) is 4.76. The maximum absolute atomic E-state index is 13.1. The molecular formula is C10H5BrFNS. The van der Waals surface area contributed by atoms with Crippen LogP contribution in [0.1, 0.15) is 4.88 Å². The van der Waals surface area contributed by atoms with Crippen molar-refractivity contribution in [1.29, 1.82) is 5.26 Å². The number of nitriles is 1. The van der Waals surface area contributed by atoms with E-state index in [1.54, 1.807) is 6.07 Å². The summed E-state index contributed by atoms with van der Waals surface area (Å²) in [5.41, 5.74) is 0. The van der Waals surface area contributed by atoms with Crippen molar-refractivity contribution in [2.75, 3.05) is 0 Å². The molecule has 1 aromatic heterocycles. The van der Waals surface area contributed by atoms with E-state index in [0.717, 1.165) is 15.0 Å². The van der Waals surface area contributed by atoms with Gasteiger partial charge in [-0.2, -0.15) is 5.26 Å². The van der Waals surface area contributed by atoms with Crippen molar-refractivity contribution in [1.82, 2.24) is 0 Å². The first-order valence-corrected chi connectivity index (χ1v) is 5.56. The molecule has 0 amide bonds. The first-order valence-electron chi connectivity index (χ1n) is 3.95. The van der Waals surface area contributed by atoms with Crippen molar-refractivity contribution in [3.05, 3.63) is 33.4 Å².